The van der Waals surface area contributed by atoms with Crippen LogP contribution in [0.25, 0.3) is 0 Å². The normalized spacial score (nSPS) is 10.1. The monoisotopic (exact) mass is 336 g/mol. The van der Waals surface area contributed by atoms with Gasteiger partial charge in [0.1, 0.15) is 17.2 Å². The molecule has 0 heterocycles. The number of carbonyl (C=O) groups excluding carboxylic acids is 1. The highest BCUT2D eigenvalue weighted by atomic mass is 19.1. The topological polar surface area (TPSA) is 26.3 Å². The number of hydrogen-bond acceptors (Lipinski definition) is 2. The van der Waals surface area contributed by atoms with E-state index in [1.807, 2.05) is 0 Å². The van der Waals surface area contributed by atoms with Gasteiger partial charge in [0.25, 0.3) is 0 Å². The Bertz CT molecular complexity index is 538. The van der Waals surface area contributed by atoms with E-state index in [-0.39, 0.29) is 6.61 Å². The molecular formula is C20H26F2O2. The molecule has 0 aliphatic heterocycles. The van der Waals surface area contributed by atoms with E-state index in [0.29, 0.717) is 0 Å². The van der Waals surface area contributed by atoms with Crippen molar-refractivity contribution in [3.63, 3.8) is 0 Å². The van der Waals surface area contributed by atoms with Gasteiger partial charge < -0.3 is 4.74 Å². The number of benzene rings is 1. The van der Waals surface area contributed by atoms with Crippen LogP contribution >= 0.6 is 0 Å². The van der Waals surface area contributed by atoms with Gasteiger partial charge in [0, 0.05) is 6.42 Å². The van der Waals surface area contributed by atoms with E-state index in [1.54, 1.807) is 0 Å². The van der Waals surface area contributed by atoms with Crippen molar-refractivity contribution >= 4 is 5.97 Å². The highest BCUT2D eigenvalue weighted by Crippen LogP contribution is 2.13. The SMILES string of the molecule is CCCCCCCCCCC#CCOC(=O)c1c(F)cccc1F. The van der Waals surface area contributed by atoms with Gasteiger partial charge >= 0.3 is 5.97 Å². The minimum Gasteiger partial charge on any atom is -0.449 e. The first-order valence-electron chi connectivity index (χ1n) is 8.73. The minimum atomic E-state index is -1.02. The molecule has 0 N–H and O–H groups in total. The number of unbranched alkanes of at least 4 members (excludes halogenated alkanes) is 8. The molecule has 4 heteroatoms. The maximum Gasteiger partial charge on any atom is 0.345 e. The van der Waals surface area contributed by atoms with Crippen molar-refractivity contribution in [2.24, 2.45) is 0 Å². The number of rotatable bonds is 10. The molecule has 1 aromatic carbocycles. The van der Waals surface area contributed by atoms with Crippen LogP contribution in [0.3, 0.4) is 0 Å². The van der Waals surface area contributed by atoms with E-state index in [2.05, 4.69) is 18.8 Å². The molecule has 24 heavy (non-hydrogen) atoms. The maximum absolute atomic E-state index is 13.4. The maximum atomic E-state index is 13.4. The van der Waals surface area contributed by atoms with Gasteiger partial charge in [-0.3, -0.25) is 0 Å². The molecule has 1 aromatic rings. The second kappa shape index (κ2) is 12.5. The van der Waals surface area contributed by atoms with Gasteiger partial charge in [0.15, 0.2) is 6.61 Å². The number of ether oxygens (including phenoxy) is 1. The molecule has 0 saturated heterocycles. The molecule has 0 atom stereocenters. The Morgan fingerprint density at radius 2 is 1.54 bits per heavy atom. The van der Waals surface area contributed by atoms with Crippen molar-refractivity contribution in [1.29, 1.82) is 0 Å². The molecule has 0 saturated carbocycles. The first-order chi connectivity index (χ1) is 11.7. The molecule has 0 spiro atoms. The highest BCUT2D eigenvalue weighted by Gasteiger charge is 2.17. The smallest absolute Gasteiger partial charge is 0.345 e. The lowest BCUT2D eigenvalue weighted by Gasteiger charge is -2.03. The molecule has 0 amide bonds. The van der Waals surface area contributed by atoms with Crippen LogP contribution in [-0.2, 0) is 4.74 Å². The fraction of sp³-hybridized carbons (Fsp3) is 0.550. The third-order valence-electron chi connectivity index (χ3n) is 3.72. The van der Waals surface area contributed by atoms with Crippen molar-refractivity contribution in [3.05, 3.63) is 35.4 Å². The molecule has 1 rings (SSSR count). The molecule has 0 radical (unpaired) electrons. The molecule has 0 unspecified atom stereocenters. The highest BCUT2D eigenvalue weighted by molar-refractivity contribution is 5.90. The van der Waals surface area contributed by atoms with Crippen molar-refractivity contribution < 1.29 is 18.3 Å². The van der Waals surface area contributed by atoms with Crippen molar-refractivity contribution in [1.82, 2.24) is 0 Å². The van der Waals surface area contributed by atoms with Crippen LogP contribution in [0.1, 0.15) is 75.1 Å². The summed E-state index contributed by atoms with van der Waals surface area (Å²) >= 11 is 0. The van der Waals surface area contributed by atoms with E-state index in [4.69, 9.17) is 4.74 Å². The summed E-state index contributed by atoms with van der Waals surface area (Å²) in [4.78, 5) is 11.6. The van der Waals surface area contributed by atoms with E-state index >= 15 is 0 Å². The summed E-state index contributed by atoms with van der Waals surface area (Å²) in [6, 6.07) is 3.24. The standard InChI is InChI=1S/C20H26F2O2/c1-2-3-4-5-6-7-8-9-10-11-12-16-24-20(23)19-17(21)14-13-15-18(19)22/h13-15H,2-10,16H2,1H3. The molecule has 0 aliphatic carbocycles. The van der Waals surface area contributed by atoms with Crippen LogP contribution in [0.15, 0.2) is 18.2 Å². The molecule has 0 fully saturated rings. The van der Waals surface area contributed by atoms with Crippen LogP contribution in [-0.4, -0.2) is 12.6 Å². The summed E-state index contributed by atoms with van der Waals surface area (Å²) in [6.07, 6.45) is 10.7. The zero-order valence-corrected chi connectivity index (χ0v) is 14.4. The van der Waals surface area contributed by atoms with Gasteiger partial charge in [-0.25, -0.2) is 13.6 Å². The van der Waals surface area contributed by atoms with Crippen molar-refractivity contribution in [2.45, 2.75) is 64.7 Å². The molecule has 2 nitrogen and oxygen atoms in total. The average molecular weight is 336 g/mol. The average Bonchev–Trinajstić information content (AvgIpc) is 2.55. The zero-order valence-electron chi connectivity index (χ0n) is 14.4. The Kier molecular flexibility index (Phi) is 10.5. The van der Waals surface area contributed by atoms with Crippen LogP contribution in [0, 0.1) is 23.5 Å². The number of halogens is 2. The Labute approximate surface area is 143 Å². The van der Waals surface area contributed by atoms with E-state index < -0.39 is 23.2 Å². The van der Waals surface area contributed by atoms with Gasteiger partial charge in [0.05, 0.1) is 0 Å². The summed E-state index contributed by atoms with van der Waals surface area (Å²) < 4.78 is 31.5. The Morgan fingerprint density at radius 1 is 0.958 bits per heavy atom. The molecule has 0 bridgehead atoms. The Hall–Kier alpha value is -1.89. The van der Waals surface area contributed by atoms with Gasteiger partial charge in [-0.1, -0.05) is 69.8 Å². The molecule has 0 aromatic heterocycles. The van der Waals surface area contributed by atoms with Gasteiger partial charge in [-0.15, -0.1) is 0 Å². The van der Waals surface area contributed by atoms with Crippen molar-refractivity contribution in [3.8, 4) is 11.8 Å². The largest absolute Gasteiger partial charge is 0.449 e. The summed E-state index contributed by atoms with van der Waals surface area (Å²) in [7, 11) is 0. The zero-order chi connectivity index (χ0) is 17.6. The van der Waals surface area contributed by atoms with Gasteiger partial charge in [-0.05, 0) is 18.6 Å². The second-order valence-electron chi connectivity index (χ2n) is 5.75. The van der Waals surface area contributed by atoms with E-state index in [9.17, 15) is 13.6 Å². The second-order valence-corrected chi connectivity index (χ2v) is 5.75. The first-order valence-corrected chi connectivity index (χ1v) is 8.73. The van der Waals surface area contributed by atoms with Crippen LogP contribution in [0.5, 0.6) is 0 Å². The summed E-state index contributed by atoms with van der Waals surface area (Å²) in [5, 5.41) is 0. The van der Waals surface area contributed by atoms with Gasteiger partial charge in [0.2, 0.25) is 0 Å². The van der Waals surface area contributed by atoms with Crippen LogP contribution in [0.2, 0.25) is 0 Å². The number of hydrogen-bond donors (Lipinski definition) is 0. The number of esters is 1. The summed E-state index contributed by atoms with van der Waals surface area (Å²) in [5.74, 6) is 2.75. The predicted octanol–water partition coefficient (Wildman–Crippen LogP) is 5.66. The fourth-order valence-corrected chi connectivity index (χ4v) is 2.35. The lowest BCUT2D eigenvalue weighted by Crippen LogP contribution is -2.10. The van der Waals surface area contributed by atoms with Gasteiger partial charge in [-0.2, -0.15) is 0 Å². The molecular weight excluding hydrogens is 310 g/mol. The predicted molar refractivity (Wildman–Crippen MR) is 91.6 cm³/mol. The Balaban J connectivity index is 2.11. The third-order valence-corrected chi connectivity index (χ3v) is 3.72. The van der Waals surface area contributed by atoms with Crippen molar-refractivity contribution in [2.75, 3.05) is 6.61 Å². The fourth-order valence-electron chi connectivity index (χ4n) is 2.35. The third kappa shape index (κ3) is 8.10. The summed E-state index contributed by atoms with van der Waals surface area (Å²) in [6.45, 7) is 2.06. The van der Waals surface area contributed by atoms with E-state index in [1.165, 1.54) is 44.6 Å². The molecule has 132 valence electrons. The minimum absolute atomic E-state index is 0.149. The summed E-state index contributed by atoms with van der Waals surface area (Å²) in [5.41, 5.74) is -0.664. The lowest BCUT2D eigenvalue weighted by atomic mass is 10.1. The van der Waals surface area contributed by atoms with Crippen LogP contribution in [0.4, 0.5) is 8.78 Å². The Morgan fingerprint density at radius 3 is 2.17 bits per heavy atom. The molecule has 0 aliphatic rings. The van der Waals surface area contributed by atoms with Crippen LogP contribution < -0.4 is 0 Å². The number of carbonyl (C=O) groups is 1. The first kappa shape index (κ1) is 20.2. The quantitative estimate of drug-likeness (QED) is 0.313. The van der Waals surface area contributed by atoms with E-state index in [0.717, 1.165) is 31.4 Å². The lowest BCUT2D eigenvalue weighted by molar-refractivity contribution is 0.0545.